The second kappa shape index (κ2) is 5.83. The Labute approximate surface area is 90.4 Å². The Kier molecular flexibility index (Phi) is 4.72. The minimum atomic E-state index is -0.161. The molecule has 0 spiro atoms. The van der Waals surface area contributed by atoms with Crippen molar-refractivity contribution in [2.24, 2.45) is 0 Å². The Morgan fingerprint density at radius 1 is 1.47 bits per heavy atom. The first-order valence-electron chi connectivity index (χ1n) is 5.17. The lowest BCUT2D eigenvalue weighted by molar-refractivity contribution is 0.167. The van der Waals surface area contributed by atoms with Gasteiger partial charge in [0.05, 0.1) is 12.6 Å². The van der Waals surface area contributed by atoms with E-state index in [0.717, 1.165) is 12.1 Å². The summed E-state index contributed by atoms with van der Waals surface area (Å²) < 4.78 is 18.4. The van der Waals surface area contributed by atoms with Crippen LogP contribution in [0.4, 0.5) is 4.39 Å². The first kappa shape index (κ1) is 12.1. The van der Waals surface area contributed by atoms with E-state index in [4.69, 9.17) is 4.74 Å². The highest BCUT2D eigenvalue weighted by molar-refractivity contribution is 5.25. The Morgan fingerprint density at radius 2 is 2.20 bits per heavy atom. The molecule has 0 amide bonds. The molecule has 0 bridgehead atoms. The molecule has 1 N–H and O–H groups in total. The number of hydrogen-bond donors (Lipinski definition) is 1. The summed E-state index contributed by atoms with van der Waals surface area (Å²) in [7, 11) is 1.65. The van der Waals surface area contributed by atoms with Crippen molar-refractivity contribution in [2.45, 2.75) is 19.9 Å². The van der Waals surface area contributed by atoms with Crippen LogP contribution in [0.1, 0.15) is 24.1 Å². The maximum Gasteiger partial charge on any atom is 0.126 e. The van der Waals surface area contributed by atoms with Gasteiger partial charge in [-0.05, 0) is 30.7 Å². The zero-order valence-electron chi connectivity index (χ0n) is 9.51. The van der Waals surface area contributed by atoms with Crippen LogP contribution < -0.4 is 5.32 Å². The Hall–Kier alpha value is -0.930. The lowest BCUT2D eigenvalue weighted by Crippen LogP contribution is -2.25. The zero-order chi connectivity index (χ0) is 11.3. The lowest BCUT2D eigenvalue weighted by atomic mass is 10.1. The summed E-state index contributed by atoms with van der Waals surface area (Å²) in [6, 6.07) is 5.37. The Morgan fingerprint density at radius 3 is 2.73 bits per heavy atom. The van der Waals surface area contributed by atoms with E-state index < -0.39 is 0 Å². The fourth-order valence-electron chi connectivity index (χ4n) is 1.51. The molecule has 0 aromatic heterocycles. The number of aryl methyl sites for hydroxylation is 1. The second-order valence-electron chi connectivity index (χ2n) is 3.57. The number of benzene rings is 1. The molecule has 1 atom stereocenters. The van der Waals surface area contributed by atoms with Crippen molar-refractivity contribution in [1.29, 1.82) is 0 Å². The van der Waals surface area contributed by atoms with Gasteiger partial charge in [0, 0.05) is 7.11 Å². The molecule has 1 unspecified atom stereocenters. The van der Waals surface area contributed by atoms with Gasteiger partial charge in [0.25, 0.3) is 0 Å². The highest BCUT2D eigenvalue weighted by Crippen LogP contribution is 2.16. The zero-order valence-corrected chi connectivity index (χ0v) is 9.51. The van der Waals surface area contributed by atoms with Crippen LogP contribution in [0.15, 0.2) is 18.2 Å². The normalized spacial score (nSPS) is 12.8. The summed E-state index contributed by atoms with van der Waals surface area (Å²) in [5, 5.41) is 3.25. The number of likely N-dealkylation sites (N-methyl/N-ethyl adjacent to an activating group) is 1. The molecule has 0 radical (unpaired) electrons. The summed E-state index contributed by atoms with van der Waals surface area (Å²) in [5.41, 5.74) is 1.60. The molecule has 15 heavy (non-hydrogen) atoms. The largest absolute Gasteiger partial charge is 0.383 e. The van der Waals surface area contributed by atoms with Crippen LogP contribution in [0.5, 0.6) is 0 Å². The first-order valence-corrected chi connectivity index (χ1v) is 5.17. The standard InChI is InChI=1S/C12H18FNO/c1-4-14-12(8-15-3)10-6-5-9(2)11(13)7-10/h5-7,12,14H,4,8H2,1-3H3. The van der Waals surface area contributed by atoms with Gasteiger partial charge in [0.1, 0.15) is 5.82 Å². The van der Waals surface area contributed by atoms with Crippen LogP contribution in [-0.4, -0.2) is 20.3 Å². The van der Waals surface area contributed by atoms with Crippen molar-refractivity contribution >= 4 is 0 Å². The fraction of sp³-hybridized carbons (Fsp3) is 0.500. The van der Waals surface area contributed by atoms with E-state index in [2.05, 4.69) is 5.32 Å². The third kappa shape index (κ3) is 3.29. The van der Waals surface area contributed by atoms with Gasteiger partial charge in [-0.1, -0.05) is 19.1 Å². The van der Waals surface area contributed by atoms with Crippen molar-refractivity contribution in [1.82, 2.24) is 5.32 Å². The molecule has 0 saturated heterocycles. The number of hydrogen-bond acceptors (Lipinski definition) is 2. The topological polar surface area (TPSA) is 21.3 Å². The number of nitrogens with one attached hydrogen (secondary N) is 1. The molecule has 2 nitrogen and oxygen atoms in total. The molecule has 3 heteroatoms. The van der Waals surface area contributed by atoms with Crippen molar-refractivity contribution in [2.75, 3.05) is 20.3 Å². The average Bonchev–Trinajstić information content (AvgIpc) is 2.22. The lowest BCUT2D eigenvalue weighted by Gasteiger charge is -2.17. The first-order chi connectivity index (χ1) is 7.19. The highest BCUT2D eigenvalue weighted by atomic mass is 19.1. The molecule has 1 aromatic rings. The molecule has 0 aliphatic carbocycles. The Balaban J connectivity index is 2.85. The number of halogens is 1. The smallest absolute Gasteiger partial charge is 0.126 e. The van der Waals surface area contributed by atoms with Crippen molar-refractivity contribution in [3.63, 3.8) is 0 Å². The molecule has 1 aromatic carbocycles. The predicted octanol–water partition coefficient (Wildman–Crippen LogP) is 2.43. The van der Waals surface area contributed by atoms with Gasteiger partial charge < -0.3 is 10.1 Å². The van der Waals surface area contributed by atoms with E-state index in [-0.39, 0.29) is 11.9 Å². The SMILES string of the molecule is CCNC(COC)c1ccc(C)c(F)c1. The minimum Gasteiger partial charge on any atom is -0.383 e. The summed E-state index contributed by atoms with van der Waals surface area (Å²) in [6.07, 6.45) is 0. The number of ether oxygens (including phenoxy) is 1. The van der Waals surface area contributed by atoms with E-state index in [9.17, 15) is 4.39 Å². The minimum absolute atomic E-state index is 0.0649. The third-order valence-corrected chi connectivity index (χ3v) is 2.38. The van der Waals surface area contributed by atoms with Crippen LogP contribution >= 0.6 is 0 Å². The van der Waals surface area contributed by atoms with Crippen LogP contribution in [0.3, 0.4) is 0 Å². The molecule has 0 fully saturated rings. The van der Waals surface area contributed by atoms with E-state index in [1.807, 2.05) is 13.0 Å². The molecule has 84 valence electrons. The fourth-order valence-corrected chi connectivity index (χ4v) is 1.51. The van der Waals surface area contributed by atoms with E-state index in [0.29, 0.717) is 12.2 Å². The third-order valence-electron chi connectivity index (χ3n) is 2.38. The summed E-state index contributed by atoms with van der Waals surface area (Å²) in [5.74, 6) is -0.161. The molecule has 0 saturated carbocycles. The number of methoxy groups -OCH3 is 1. The predicted molar refractivity (Wildman–Crippen MR) is 59.4 cm³/mol. The highest BCUT2D eigenvalue weighted by Gasteiger charge is 2.11. The summed E-state index contributed by atoms with van der Waals surface area (Å²) >= 11 is 0. The van der Waals surface area contributed by atoms with Gasteiger partial charge in [0.15, 0.2) is 0 Å². The van der Waals surface area contributed by atoms with Crippen LogP contribution in [0.25, 0.3) is 0 Å². The maximum absolute atomic E-state index is 13.4. The molecule has 0 aliphatic heterocycles. The monoisotopic (exact) mass is 211 g/mol. The second-order valence-corrected chi connectivity index (χ2v) is 3.57. The number of rotatable bonds is 5. The van der Waals surface area contributed by atoms with Crippen LogP contribution in [0.2, 0.25) is 0 Å². The van der Waals surface area contributed by atoms with Crippen molar-refractivity contribution < 1.29 is 9.13 Å². The Bertz CT molecular complexity index is 308. The summed E-state index contributed by atoms with van der Waals surface area (Å²) in [6.45, 7) is 5.17. The van der Waals surface area contributed by atoms with Crippen LogP contribution in [-0.2, 0) is 4.74 Å². The van der Waals surface area contributed by atoms with Crippen molar-refractivity contribution in [3.05, 3.63) is 35.1 Å². The van der Waals surface area contributed by atoms with Gasteiger partial charge in [-0.25, -0.2) is 4.39 Å². The quantitative estimate of drug-likeness (QED) is 0.807. The molecule has 1 rings (SSSR count). The van der Waals surface area contributed by atoms with Gasteiger partial charge >= 0.3 is 0 Å². The molecule has 0 heterocycles. The molecular weight excluding hydrogens is 193 g/mol. The van der Waals surface area contributed by atoms with Gasteiger partial charge in [-0.2, -0.15) is 0 Å². The van der Waals surface area contributed by atoms with E-state index in [1.54, 1.807) is 26.2 Å². The van der Waals surface area contributed by atoms with Gasteiger partial charge in [-0.15, -0.1) is 0 Å². The van der Waals surface area contributed by atoms with E-state index in [1.165, 1.54) is 0 Å². The van der Waals surface area contributed by atoms with E-state index >= 15 is 0 Å². The van der Waals surface area contributed by atoms with Crippen LogP contribution in [0, 0.1) is 12.7 Å². The van der Waals surface area contributed by atoms with Gasteiger partial charge in [-0.3, -0.25) is 0 Å². The summed E-state index contributed by atoms with van der Waals surface area (Å²) in [4.78, 5) is 0. The maximum atomic E-state index is 13.4. The van der Waals surface area contributed by atoms with Gasteiger partial charge in [0.2, 0.25) is 0 Å². The van der Waals surface area contributed by atoms with Crippen molar-refractivity contribution in [3.8, 4) is 0 Å². The average molecular weight is 211 g/mol. The molecular formula is C12H18FNO. The molecule has 0 aliphatic rings.